The molecular formula is C30H39N3O5. The van der Waals surface area contributed by atoms with Gasteiger partial charge in [0, 0.05) is 39.0 Å². The van der Waals surface area contributed by atoms with E-state index in [0.717, 1.165) is 43.7 Å². The van der Waals surface area contributed by atoms with Gasteiger partial charge >= 0.3 is 6.09 Å². The van der Waals surface area contributed by atoms with Gasteiger partial charge < -0.3 is 24.6 Å². The first-order valence-corrected chi connectivity index (χ1v) is 13.7. The number of carbonyl (C=O) groups is 3. The van der Waals surface area contributed by atoms with Crippen LogP contribution in [0.15, 0.2) is 60.7 Å². The number of benzene rings is 2. The quantitative estimate of drug-likeness (QED) is 0.477. The largest absolute Gasteiger partial charge is 0.494 e. The van der Waals surface area contributed by atoms with Crippen LogP contribution in [-0.4, -0.2) is 73.1 Å². The number of piperidine rings is 1. The van der Waals surface area contributed by atoms with Gasteiger partial charge in [0.05, 0.1) is 13.2 Å². The molecule has 0 bridgehead atoms. The molecule has 4 rings (SSSR count). The Morgan fingerprint density at radius 2 is 1.55 bits per heavy atom. The zero-order valence-corrected chi connectivity index (χ0v) is 22.3. The smallest absolute Gasteiger partial charge is 0.407 e. The van der Waals surface area contributed by atoms with Gasteiger partial charge in [0.1, 0.15) is 11.8 Å². The number of amides is 3. The van der Waals surface area contributed by atoms with Crippen molar-refractivity contribution in [2.45, 2.75) is 51.5 Å². The van der Waals surface area contributed by atoms with Gasteiger partial charge in [-0.25, -0.2) is 4.79 Å². The van der Waals surface area contributed by atoms with E-state index in [1.165, 1.54) is 0 Å². The van der Waals surface area contributed by atoms with Crippen molar-refractivity contribution in [2.24, 2.45) is 5.41 Å². The van der Waals surface area contributed by atoms with Gasteiger partial charge in [0.2, 0.25) is 11.8 Å². The van der Waals surface area contributed by atoms with Crippen LogP contribution >= 0.6 is 0 Å². The Kier molecular flexibility index (Phi) is 9.62. The standard InChI is InChI=1S/C30H39N3O5/c1-2-37-29(36)31-26(22-24-10-5-3-6-11-24)28(35)33-20-17-30(23-33)15-18-32(19-16-30)27(34)14-9-21-38-25-12-7-4-8-13-25/h3-8,10-13,26H,2,9,14-23H2,1H3,(H,31,36)/t26-/m0/s1. The Balaban J connectivity index is 1.25. The monoisotopic (exact) mass is 521 g/mol. The first-order chi connectivity index (χ1) is 18.5. The van der Waals surface area contributed by atoms with Gasteiger partial charge in [-0.15, -0.1) is 0 Å². The summed E-state index contributed by atoms with van der Waals surface area (Å²) in [6, 6.07) is 18.7. The van der Waals surface area contributed by atoms with Gasteiger partial charge in [-0.1, -0.05) is 48.5 Å². The summed E-state index contributed by atoms with van der Waals surface area (Å²) in [5.74, 6) is 0.920. The zero-order valence-electron chi connectivity index (χ0n) is 22.3. The van der Waals surface area contributed by atoms with E-state index in [9.17, 15) is 14.4 Å². The lowest BCUT2D eigenvalue weighted by molar-refractivity contribution is -0.135. The summed E-state index contributed by atoms with van der Waals surface area (Å²) in [6.07, 6.45) is 3.70. The fourth-order valence-electron chi connectivity index (χ4n) is 5.44. The van der Waals surface area contributed by atoms with Gasteiger partial charge in [-0.3, -0.25) is 9.59 Å². The molecule has 3 amide bonds. The molecule has 0 aliphatic carbocycles. The Hall–Kier alpha value is -3.55. The summed E-state index contributed by atoms with van der Waals surface area (Å²) in [6.45, 7) is 5.28. The molecule has 204 valence electrons. The summed E-state index contributed by atoms with van der Waals surface area (Å²) >= 11 is 0. The molecule has 8 heteroatoms. The maximum atomic E-state index is 13.5. The highest BCUT2D eigenvalue weighted by Crippen LogP contribution is 2.40. The fourth-order valence-corrected chi connectivity index (χ4v) is 5.44. The van der Waals surface area contributed by atoms with Crippen LogP contribution in [0, 0.1) is 5.41 Å². The van der Waals surface area contributed by atoms with E-state index >= 15 is 0 Å². The molecule has 8 nitrogen and oxygen atoms in total. The fraction of sp³-hybridized carbons (Fsp3) is 0.500. The van der Waals surface area contributed by atoms with Crippen LogP contribution in [0.4, 0.5) is 4.79 Å². The number of carbonyl (C=O) groups excluding carboxylic acids is 3. The predicted octanol–water partition coefficient (Wildman–Crippen LogP) is 4.04. The van der Waals surface area contributed by atoms with Crippen molar-refractivity contribution in [1.29, 1.82) is 0 Å². The molecule has 2 aromatic carbocycles. The molecule has 2 aliphatic heterocycles. The van der Waals surface area contributed by atoms with Crippen LogP contribution < -0.4 is 10.1 Å². The Morgan fingerprint density at radius 1 is 0.921 bits per heavy atom. The Morgan fingerprint density at radius 3 is 2.21 bits per heavy atom. The third kappa shape index (κ3) is 7.49. The average molecular weight is 522 g/mol. The number of hydrogen-bond donors (Lipinski definition) is 1. The third-order valence-corrected chi connectivity index (χ3v) is 7.62. The maximum absolute atomic E-state index is 13.5. The summed E-state index contributed by atoms with van der Waals surface area (Å²) in [7, 11) is 0. The van der Waals surface area contributed by atoms with Crippen molar-refractivity contribution < 1.29 is 23.9 Å². The van der Waals surface area contributed by atoms with Crippen LogP contribution in [0.25, 0.3) is 0 Å². The van der Waals surface area contributed by atoms with Gasteiger partial charge in [-0.2, -0.15) is 0 Å². The van der Waals surface area contributed by atoms with Crippen molar-refractivity contribution in [1.82, 2.24) is 15.1 Å². The number of nitrogens with one attached hydrogen (secondary N) is 1. The number of para-hydroxylation sites is 1. The maximum Gasteiger partial charge on any atom is 0.407 e. The molecule has 1 N–H and O–H groups in total. The molecule has 2 heterocycles. The van der Waals surface area contributed by atoms with Crippen LogP contribution in [0.5, 0.6) is 5.75 Å². The zero-order chi connectivity index (χ0) is 26.8. The van der Waals surface area contributed by atoms with Crippen molar-refractivity contribution >= 4 is 17.9 Å². The van der Waals surface area contributed by atoms with Crippen LogP contribution in [-0.2, 0) is 20.7 Å². The molecule has 2 fully saturated rings. The summed E-state index contributed by atoms with van der Waals surface area (Å²) < 4.78 is 10.8. The van der Waals surface area contributed by atoms with Crippen molar-refractivity contribution in [3.05, 3.63) is 66.2 Å². The second-order valence-corrected chi connectivity index (χ2v) is 10.3. The molecule has 2 aromatic rings. The normalized spacial score (nSPS) is 17.2. The molecule has 1 spiro atoms. The minimum absolute atomic E-state index is 0.0318. The summed E-state index contributed by atoms with van der Waals surface area (Å²) in [4.78, 5) is 42.3. The SMILES string of the molecule is CCOC(=O)N[C@@H](Cc1ccccc1)C(=O)N1CCC2(CCN(C(=O)CCCOc3ccccc3)CC2)C1. The van der Waals surface area contributed by atoms with Crippen molar-refractivity contribution in [3.8, 4) is 5.75 Å². The highest BCUT2D eigenvalue weighted by molar-refractivity contribution is 5.86. The third-order valence-electron chi connectivity index (χ3n) is 7.62. The van der Waals surface area contributed by atoms with E-state index in [-0.39, 0.29) is 23.8 Å². The second kappa shape index (κ2) is 13.3. The van der Waals surface area contributed by atoms with E-state index in [1.807, 2.05) is 70.5 Å². The minimum Gasteiger partial charge on any atom is -0.494 e. The van der Waals surface area contributed by atoms with Gasteiger partial charge in [0.15, 0.2) is 0 Å². The molecular weight excluding hydrogens is 482 g/mol. The number of rotatable bonds is 10. The second-order valence-electron chi connectivity index (χ2n) is 10.3. The Labute approximate surface area is 225 Å². The number of alkyl carbamates (subject to hydrolysis) is 1. The van der Waals surface area contributed by atoms with E-state index in [0.29, 0.717) is 39.0 Å². The molecule has 38 heavy (non-hydrogen) atoms. The van der Waals surface area contributed by atoms with E-state index in [2.05, 4.69) is 5.32 Å². The highest BCUT2D eigenvalue weighted by atomic mass is 16.5. The van der Waals surface area contributed by atoms with Crippen LogP contribution in [0.3, 0.4) is 0 Å². The Bertz CT molecular complexity index is 1050. The molecule has 0 radical (unpaired) electrons. The lowest BCUT2D eigenvalue weighted by atomic mass is 9.77. The van der Waals surface area contributed by atoms with E-state index < -0.39 is 12.1 Å². The number of ether oxygens (including phenoxy) is 2. The van der Waals surface area contributed by atoms with Crippen LogP contribution in [0.2, 0.25) is 0 Å². The number of hydrogen-bond acceptors (Lipinski definition) is 5. The summed E-state index contributed by atoms with van der Waals surface area (Å²) in [5.41, 5.74) is 1.02. The van der Waals surface area contributed by atoms with E-state index in [4.69, 9.17) is 9.47 Å². The van der Waals surface area contributed by atoms with Gasteiger partial charge in [-0.05, 0) is 55.7 Å². The first-order valence-electron chi connectivity index (χ1n) is 13.7. The van der Waals surface area contributed by atoms with Crippen molar-refractivity contribution in [3.63, 3.8) is 0 Å². The van der Waals surface area contributed by atoms with Crippen molar-refractivity contribution in [2.75, 3.05) is 39.4 Å². The van der Waals surface area contributed by atoms with E-state index in [1.54, 1.807) is 6.92 Å². The average Bonchev–Trinajstić information content (AvgIpc) is 3.35. The molecule has 0 unspecified atom stereocenters. The predicted molar refractivity (Wildman–Crippen MR) is 145 cm³/mol. The van der Waals surface area contributed by atoms with Gasteiger partial charge in [0.25, 0.3) is 0 Å². The lowest BCUT2D eigenvalue weighted by Gasteiger charge is -2.39. The minimum atomic E-state index is -0.675. The summed E-state index contributed by atoms with van der Waals surface area (Å²) in [5, 5.41) is 2.78. The highest BCUT2D eigenvalue weighted by Gasteiger charge is 2.44. The lowest BCUT2D eigenvalue weighted by Crippen LogP contribution is -2.50. The first kappa shape index (κ1) is 27.5. The molecule has 0 aromatic heterocycles. The number of nitrogens with zero attached hydrogens (tertiary/aromatic N) is 2. The molecule has 2 aliphatic rings. The van der Waals surface area contributed by atoms with Crippen LogP contribution in [0.1, 0.15) is 44.6 Å². The topological polar surface area (TPSA) is 88.2 Å². The number of likely N-dealkylation sites (tertiary alicyclic amines) is 2. The molecule has 1 atom stereocenters. The molecule has 0 saturated carbocycles. The molecule has 2 saturated heterocycles.